The maximum atomic E-state index is 11.8. The minimum atomic E-state index is -4.23. The van der Waals surface area contributed by atoms with Crippen LogP contribution < -0.4 is 0 Å². The van der Waals surface area contributed by atoms with Gasteiger partial charge in [0.05, 0.1) is 12.9 Å². The standard InChI is InChI=1S/C5H6F3N2/c1-10-3-9-2-4(10)5(6,7)8/h4H,3H2,1H3. The van der Waals surface area contributed by atoms with E-state index in [9.17, 15) is 13.2 Å². The number of nitrogens with zero attached hydrogens (tertiary/aromatic N) is 2. The number of hydrogen-bond acceptors (Lipinski definition) is 2. The van der Waals surface area contributed by atoms with Crippen molar-refractivity contribution >= 4 is 6.21 Å². The molecule has 5 heteroatoms. The van der Waals surface area contributed by atoms with Crippen LogP contribution in [0, 0.1) is 0 Å². The van der Waals surface area contributed by atoms with E-state index in [0.29, 0.717) is 0 Å². The Bertz CT molecular complexity index is 151. The summed E-state index contributed by atoms with van der Waals surface area (Å²) in [5, 5.41) is 0. The Morgan fingerprint density at radius 1 is 1.60 bits per heavy atom. The molecule has 1 rings (SSSR count). The lowest BCUT2D eigenvalue weighted by Gasteiger charge is -2.19. The minimum Gasteiger partial charge on any atom is -0.271 e. The van der Waals surface area contributed by atoms with Crippen LogP contribution in [0.25, 0.3) is 0 Å². The number of alkyl halides is 3. The maximum Gasteiger partial charge on any atom is 0.409 e. The summed E-state index contributed by atoms with van der Waals surface area (Å²) in [5.74, 6) is 0. The molecule has 0 bridgehead atoms. The molecule has 0 saturated heterocycles. The van der Waals surface area contributed by atoms with Gasteiger partial charge in [-0.05, 0) is 7.05 Å². The minimum absolute atomic E-state index is 0.0875. The van der Waals surface area contributed by atoms with Crippen LogP contribution in [0.15, 0.2) is 4.99 Å². The normalized spacial score (nSPS) is 27.8. The molecule has 10 heavy (non-hydrogen) atoms. The predicted octanol–water partition coefficient (Wildman–Crippen LogP) is 0.768. The summed E-state index contributed by atoms with van der Waals surface area (Å²) in [6.45, 7) is 0.0875. The second kappa shape index (κ2) is 2.23. The van der Waals surface area contributed by atoms with Gasteiger partial charge in [0, 0.05) is 0 Å². The summed E-state index contributed by atoms with van der Waals surface area (Å²) in [5.41, 5.74) is 0. The second-order valence-electron chi connectivity index (χ2n) is 2.13. The van der Waals surface area contributed by atoms with Crippen LogP contribution in [0.1, 0.15) is 0 Å². The first-order valence-corrected chi connectivity index (χ1v) is 2.71. The highest BCUT2D eigenvalue weighted by molar-refractivity contribution is 5.67. The Hall–Kier alpha value is -0.580. The van der Waals surface area contributed by atoms with E-state index in [0.717, 1.165) is 4.90 Å². The van der Waals surface area contributed by atoms with E-state index in [1.54, 1.807) is 0 Å². The third-order valence-electron chi connectivity index (χ3n) is 1.26. The maximum absolute atomic E-state index is 11.8. The first-order valence-electron chi connectivity index (χ1n) is 2.71. The highest BCUT2D eigenvalue weighted by Gasteiger charge is 2.43. The third kappa shape index (κ3) is 1.29. The van der Waals surface area contributed by atoms with Crippen LogP contribution in [-0.2, 0) is 0 Å². The van der Waals surface area contributed by atoms with Crippen molar-refractivity contribution in [2.24, 2.45) is 4.99 Å². The summed E-state index contributed by atoms with van der Waals surface area (Å²) in [6, 6.07) is -1.60. The lowest BCUT2D eigenvalue weighted by atomic mass is 10.3. The molecule has 0 amide bonds. The topological polar surface area (TPSA) is 15.6 Å². The van der Waals surface area contributed by atoms with Gasteiger partial charge in [-0.2, -0.15) is 13.2 Å². The molecule has 0 fully saturated rings. The largest absolute Gasteiger partial charge is 0.409 e. The van der Waals surface area contributed by atoms with Crippen molar-refractivity contribution in [1.82, 2.24) is 4.90 Å². The fourth-order valence-corrected chi connectivity index (χ4v) is 0.742. The summed E-state index contributed by atoms with van der Waals surface area (Å²) in [4.78, 5) is 4.45. The van der Waals surface area contributed by atoms with Gasteiger partial charge in [-0.25, -0.2) is 0 Å². The number of hydrogen-bond donors (Lipinski definition) is 0. The van der Waals surface area contributed by atoms with Crippen molar-refractivity contribution in [3.8, 4) is 0 Å². The molecule has 0 aromatic rings. The van der Waals surface area contributed by atoms with Gasteiger partial charge in [0.1, 0.15) is 0 Å². The van der Waals surface area contributed by atoms with E-state index in [1.165, 1.54) is 7.05 Å². The van der Waals surface area contributed by atoms with E-state index in [1.807, 2.05) is 6.21 Å². The highest BCUT2D eigenvalue weighted by atomic mass is 19.4. The van der Waals surface area contributed by atoms with Crippen molar-refractivity contribution in [1.29, 1.82) is 0 Å². The van der Waals surface area contributed by atoms with Crippen molar-refractivity contribution < 1.29 is 13.2 Å². The summed E-state index contributed by atoms with van der Waals surface area (Å²) in [7, 11) is 1.36. The van der Waals surface area contributed by atoms with Crippen molar-refractivity contribution in [3.63, 3.8) is 0 Å². The molecule has 0 N–H and O–H groups in total. The smallest absolute Gasteiger partial charge is 0.271 e. The van der Waals surface area contributed by atoms with Gasteiger partial charge in [0.15, 0.2) is 6.04 Å². The molecule has 0 aromatic carbocycles. The Kier molecular flexibility index (Phi) is 1.68. The zero-order valence-electron chi connectivity index (χ0n) is 5.31. The Morgan fingerprint density at radius 2 is 2.20 bits per heavy atom. The fourth-order valence-electron chi connectivity index (χ4n) is 0.742. The average Bonchev–Trinajstić information content (AvgIpc) is 2.11. The highest BCUT2D eigenvalue weighted by Crippen LogP contribution is 2.24. The summed E-state index contributed by atoms with van der Waals surface area (Å²) in [6.07, 6.45) is -2.26. The molecule has 0 spiro atoms. The second-order valence-corrected chi connectivity index (χ2v) is 2.13. The average molecular weight is 151 g/mol. The van der Waals surface area contributed by atoms with Crippen molar-refractivity contribution in [3.05, 3.63) is 0 Å². The number of rotatable bonds is 0. The van der Waals surface area contributed by atoms with Gasteiger partial charge in [-0.3, -0.25) is 9.89 Å². The molecule has 1 heterocycles. The molecule has 2 nitrogen and oxygen atoms in total. The number of aliphatic imine (C=N–C) groups is 1. The molecule has 1 aliphatic heterocycles. The Balaban J connectivity index is 2.64. The van der Waals surface area contributed by atoms with E-state index in [4.69, 9.17) is 0 Å². The SMILES string of the molecule is CN1CN=[C]C1C(F)(F)F. The third-order valence-corrected chi connectivity index (χ3v) is 1.26. The first-order chi connectivity index (χ1) is 4.52. The van der Waals surface area contributed by atoms with Crippen molar-refractivity contribution in [2.75, 3.05) is 13.7 Å². The molecule has 1 atom stereocenters. The van der Waals surface area contributed by atoms with Crippen LogP contribution in [0.5, 0.6) is 0 Å². The summed E-state index contributed by atoms with van der Waals surface area (Å²) < 4.78 is 35.5. The fraction of sp³-hybridized carbons (Fsp3) is 0.800. The van der Waals surface area contributed by atoms with Crippen molar-refractivity contribution in [2.45, 2.75) is 12.2 Å². The Morgan fingerprint density at radius 3 is 2.40 bits per heavy atom. The van der Waals surface area contributed by atoms with Gasteiger partial charge in [-0.1, -0.05) is 0 Å². The number of halogens is 3. The zero-order chi connectivity index (χ0) is 7.78. The van der Waals surface area contributed by atoms with Gasteiger partial charge in [-0.15, -0.1) is 0 Å². The predicted molar refractivity (Wildman–Crippen MR) is 29.9 cm³/mol. The lowest BCUT2D eigenvalue weighted by Crippen LogP contribution is -2.40. The quantitative estimate of drug-likeness (QED) is 0.499. The molecular weight excluding hydrogens is 145 g/mol. The van der Waals surface area contributed by atoms with Gasteiger partial charge in [0.2, 0.25) is 0 Å². The molecule has 0 aliphatic carbocycles. The van der Waals surface area contributed by atoms with Gasteiger partial charge < -0.3 is 0 Å². The van der Waals surface area contributed by atoms with Gasteiger partial charge >= 0.3 is 6.18 Å². The monoisotopic (exact) mass is 151 g/mol. The molecule has 0 saturated carbocycles. The Labute approximate surface area is 56.3 Å². The van der Waals surface area contributed by atoms with Gasteiger partial charge in [0.25, 0.3) is 0 Å². The molecule has 1 radical (unpaired) electrons. The van der Waals surface area contributed by atoms with Crippen LogP contribution in [0.2, 0.25) is 0 Å². The molecular formula is C5H6F3N2. The molecule has 0 aromatic heterocycles. The van der Waals surface area contributed by atoms with E-state index < -0.39 is 12.2 Å². The van der Waals surface area contributed by atoms with E-state index in [2.05, 4.69) is 4.99 Å². The van der Waals surface area contributed by atoms with Crippen LogP contribution in [-0.4, -0.2) is 37.0 Å². The van der Waals surface area contributed by atoms with E-state index in [-0.39, 0.29) is 6.67 Å². The van der Waals surface area contributed by atoms with Crippen LogP contribution in [0.3, 0.4) is 0 Å². The molecule has 1 aliphatic rings. The van der Waals surface area contributed by atoms with Crippen LogP contribution in [0.4, 0.5) is 13.2 Å². The molecule has 57 valence electrons. The first kappa shape index (κ1) is 7.53. The zero-order valence-corrected chi connectivity index (χ0v) is 5.31. The summed E-state index contributed by atoms with van der Waals surface area (Å²) >= 11 is 0. The molecule has 1 unspecified atom stereocenters. The lowest BCUT2D eigenvalue weighted by molar-refractivity contribution is -0.156. The van der Waals surface area contributed by atoms with Crippen LogP contribution >= 0.6 is 0 Å². The van der Waals surface area contributed by atoms with E-state index >= 15 is 0 Å².